The van der Waals surface area contributed by atoms with Crippen LogP contribution in [0.3, 0.4) is 0 Å². The number of benzene rings is 2. The van der Waals surface area contributed by atoms with Gasteiger partial charge < -0.3 is 10.2 Å². The Labute approximate surface area is 246 Å². The van der Waals surface area contributed by atoms with Crippen LogP contribution in [-0.2, 0) is 34.2 Å². The Kier molecular flexibility index (Phi) is 8.15. The van der Waals surface area contributed by atoms with E-state index in [4.69, 9.17) is 11.6 Å². The third-order valence-corrected chi connectivity index (χ3v) is 10.6. The summed E-state index contributed by atoms with van der Waals surface area (Å²) >= 11 is 5.96. The highest BCUT2D eigenvalue weighted by Crippen LogP contribution is 2.33. The van der Waals surface area contributed by atoms with Gasteiger partial charge in [-0.2, -0.15) is 4.31 Å². The molecule has 2 aromatic carbocycles. The molecule has 3 heterocycles. The number of fused-ring (bicyclic) bond motifs is 1. The molecule has 2 atom stereocenters. The Morgan fingerprint density at radius 3 is 2.61 bits per heavy atom. The Bertz CT molecular complexity index is 1500. The van der Waals surface area contributed by atoms with E-state index in [1.165, 1.54) is 45.3 Å². The summed E-state index contributed by atoms with van der Waals surface area (Å²) in [6, 6.07) is 12.0. The van der Waals surface area contributed by atoms with Gasteiger partial charge in [0.1, 0.15) is 6.04 Å². The summed E-state index contributed by atoms with van der Waals surface area (Å²) in [7, 11) is -1.72. The number of rotatable bonds is 7. The van der Waals surface area contributed by atoms with Crippen LogP contribution in [0.5, 0.6) is 0 Å². The molecular formula is C29H36ClN7O3S. The molecule has 6 rings (SSSR count). The fourth-order valence-corrected chi connectivity index (χ4v) is 7.87. The van der Waals surface area contributed by atoms with E-state index in [1.807, 2.05) is 10.9 Å². The van der Waals surface area contributed by atoms with Gasteiger partial charge in [-0.15, -0.1) is 5.10 Å². The number of nitrogens with one attached hydrogen (secondary N) is 1. The molecule has 2 fully saturated rings. The molecule has 0 bridgehead atoms. The highest BCUT2D eigenvalue weighted by atomic mass is 35.5. The summed E-state index contributed by atoms with van der Waals surface area (Å²) in [5.74, 6) is -0.334. The van der Waals surface area contributed by atoms with Crippen LogP contribution in [0.2, 0.25) is 5.02 Å². The number of carbonyl (C=O) groups excluding carboxylic acids is 1. The van der Waals surface area contributed by atoms with Gasteiger partial charge in [-0.3, -0.25) is 9.69 Å². The van der Waals surface area contributed by atoms with E-state index in [-0.39, 0.29) is 36.4 Å². The van der Waals surface area contributed by atoms with Crippen molar-refractivity contribution in [1.29, 1.82) is 0 Å². The number of sulfonamides is 1. The Balaban J connectivity index is 1.18. The van der Waals surface area contributed by atoms with Crippen molar-refractivity contribution in [3.63, 3.8) is 0 Å². The summed E-state index contributed by atoms with van der Waals surface area (Å²) in [4.78, 5) is 17.9. The van der Waals surface area contributed by atoms with Gasteiger partial charge in [0.05, 0.1) is 16.6 Å². The second-order valence-electron chi connectivity index (χ2n) is 11.3. The van der Waals surface area contributed by atoms with Crippen molar-refractivity contribution in [2.75, 3.05) is 46.3 Å². The van der Waals surface area contributed by atoms with Crippen LogP contribution in [0.25, 0.3) is 0 Å². The van der Waals surface area contributed by atoms with Crippen molar-refractivity contribution in [2.45, 2.75) is 49.2 Å². The van der Waals surface area contributed by atoms with Crippen molar-refractivity contribution in [2.24, 2.45) is 0 Å². The second kappa shape index (κ2) is 11.8. The molecule has 3 aliphatic rings. The van der Waals surface area contributed by atoms with E-state index in [2.05, 4.69) is 50.7 Å². The molecule has 1 N–H and O–H groups in total. The first-order valence-corrected chi connectivity index (χ1v) is 16.1. The molecule has 0 spiro atoms. The lowest BCUT2D eigenvalue weighted by atomic mass is 9.86. The Hall–Kier alpha value is -2.83. The van der Waals surface area contributed by atoms with E-state index >= 15 is 0 Å². The van der Waals surface area contributed by atoms with Crippen LogP contribution < -0.4 is 5.32 Å². The summed E-state index contributed by atoms with van der Waals surface area (Å²) in [6.45, 7) is 5.80. The highest BCUT2D eigenvalue weighted by molar-refractivity contribution is 7.89. The van der Waals surface area contributed by atoms with Crippen LogP contribution >= 0.6 is 11.6 Å². The topological polar surface area (TPSA) is 104 Å². The van der Waals surface area contributed by atoms with E-state index in [9.17, 15) is 13.2 Å². The van der Waals surface area contributed by atoms with Crippen LogP contribution in [0, 0.1) is 0 Å². The highest BCUT2D eigenvalue weighted by Gasteiger charge is 2.39. The average Bonchev–Trinajstić information content (AvgIpc) is 3.43. The Morgan fingerprint density at radius 2 is 1.83 bits per heavy atom. The number of piperazine rings is 2. The lowest BCUT2D eigenvalue weighted by Gasteiger charge is -2.33. The van der Waals surface area contributed by atoms with Gasteiger partial charge in [0.15, 0.2) is 0 Å². The molecule has 1 amide bonds. The Morgan fingerprint density at radius 1 is 1.05 bits per heavy atom. The van der Waals surface area contributed by atoms with Crippen LogP contribution in [-0.4, -0.2) is 95.8 Å². The fraction of sp³-hybridized carbons (Fsp3) is 0.483. The molecule has 3 aromatic rings. The van der Waals surface area contributed by atoms with Gasteiger partial charge in [0, 0.05) is 63.5 Å². The van der Waals surface area contributed by atoms with Gasteiger partial charge in [-0.25, -0.2) is 13.1 Å². The van der Waals surface area contributed by atoms with E-state index < -0.39 is 16.1 Å². The third-order valence-electron chi connectivity index (χ3n) is 8.47. The normalized spacial score (nSPS) is 22.8. The summed E-state index contributed by atoms with van der Waals surface area (Å²) in [5.41, 5.74) is 4.55. The molecular weight excluding hydrogens is 562 g/mol. The summed E-state index contributed by atoms with van der Waals surface area (Å²) in [5, 5.41) is 12.1. The fourth-order valence-electron chi connectivity index (χ4n) is 6.15. The summed E-state index contributed by atoms with van der Waals surface area (Å²) < 4.78 is 30.1. The van der Waals surface area contributed by atoms with Crippen LogP contribution in [0.4, 0.5) is 0 Å². The SMILES string of the molecule is CN1CCN(Cc2ccc3c(c2)CCC[C@@H]3n2cc(C[C@@H]3C(=O)NCCN3S(=O)(=O)c3ccc(Cl)cc3)nn2)CC1. The smallest absolute Gasteiger partial charge is 0.243 e. The van der Waals surface area contributed by atoms with Crippen molar-refractivity contribution >= 4 is 27.5 Å². The number of halogens is 1. The van der Waals surface area contributed by atoms with E-state index in [0.29, 0.717) is 10.7 Å². The summed E-state index contributed by atoms with van der Waals surface area (Å²) in [6.07, 6.45) is 5.07. The van der Waals surface area contributed by atoms with Gasteiger partial charge in [0.2, 0.25) is 15.9 Å². The zero-order chi connectivity index (χ0) is 28.6. The molecule has 1 aromatic heterocycles. The predicted octanol–water partition coefficient (Wildman–Crippen LogP) is 2.34. The van der Waals surface area contributed by atoms with Gasteiger partial charge >= 0.3 is 0 Å². The first kappa shape index (κ1) is 28.3. The zero-order valence-corrected chi connectivity index (χ0v) is 24.8. The van der Waals surface area contributed by atoms with Crippen molar-refractivity contribution in [3.8, 4) is 0 Å². The minimum Gasteiger partial charge on any atom is -0.353 e. The molecule has 2 saturated heterocycles. The first-order valence-electron chi connectivity index (χ1n) is 14.3. The number of hydrogen-bond acceptors (Lipinski definition) is 7. The molecule has 12 heteroatoms. The molecule has 2 aliphatic heterocycles. The lowest BCUT2D eigenvalue weighted by molar-refractivity contribution is -0.126. The minimum absolute atomic E-state index is 0.0618. The molecule has 0 unspecified atom stereocenters. The second-order valence-corrected chi connectivity index (χ2v) is 13.6. The molecule has 10 nitrogen and oxygen atoms in total. The minimum atomic E-state index is -3.90. The van der Waals surface area contributed by atoms with Crippen LogP contribution in [0.15, 0.2) is 53.6 Å². The number of likely N-dealkylation sites (N-methyl/N-ethyl adjacent to an activating group) is 1. The number of hydrogen-bond donors (Lipinski definition) is 1. The first-order chi connectivity index (χ1) is 19.8. The quantitative estimate of drug-likeness (QED) is 0.446. The largest absolute Gasteiger partial charge is 0.353 e. The molecule has 218 valence electrons. The van der Waals surface area contributed by atoms with Gasteiger partial charge in [-0.1, -0.05) is 35.0 Å². The maximum Gasteiger partial charge on any atom is 0.243 e. The number of aryl methyl sites for hydroxylation is 1. The van der Waals surface area contributed by atoms with E-state index in [1.54, 1.807) is 0 Å². The third kappa shape index (κ3) is 6.05. The van der Waals surface area contributed by atoms with E-state index in [0.717, 1.165) is 52.0 Å². The van der Waals surface area contributed by atoms with Crippen molar-refractivity contribution in [1.82, 2.24) is 34.4 Å². The van der Waals surface area contributed by atoms with Gasteiger partial charge in [0.25, 0.3) is 0 Å². The maximum atomic E-state index is 13.5. The van der Waals surface area contributed by atoms with Gasteiger partial charge in [-0.05, 0) is 67.3 Å². The number of nitrogens with zero attached hydrogens (tertiary/aromatic N) is 6. The van der Waals surface area contributed by atoms with Crippen LogP contribution in [0.1, 0.15) is 41.3 Å². The lowest BCUT2D eigenvalue weighted by Crippen LogP contribution is -2.57. The van der Waals surface area contributed by atoms with Crippen molar-refractivity contribution in [3.05, 3.63) is 76.1 Å². The standard InChI is InChI=1S/C29H36ClN7O3S/c1-34-13-15-35(16-14-34)19-21-5-10-26-22(17-21)3-2-4-27(26)36-20-24(32-33-36)18-28-29(38)31-11-12-37(28)41(39,40)25-8-6-23(30)7-9-25/h5-10,17,20,27-28H,2-4,11-16,18-19H2,1H3,(H,31,38)/t27-,28+/m0/s1. The number of carbonyl (C=O) groups is 1. The number of amides is 1. The monoisotopic (exact) mass is 597 g/mol. The average molecular weight is 598 g/mol. The molecule has 1 aliphatic carbocycles. The molecule has 0 radical (unpaired) electrons. The molecule has 41 heavy (non-hydrogen) atoms. The predicted molar refractivity (Wildman–Crippen MR) is 156 cm³/mol. The maximum absolute atomic E-state index is 13.5. The number of aromatic nitrogens is 3. The zero-order valence-electron chi connectivity index (χ0n) is 23.2. The van der Waals surface area contributed by atoms with Crippen molar-refractivity contribution < 1.29 is 13.2 Å². The molecule has 0 saturated carbocycles.